The van der Waals surface area contributed by atoms with Crippen LogP contribution in [-0.4, -0.2) is 24.3 Å². The average Bonchev–Trinajstić information content (AvgIpc) is 2.61. The second-order valence-corrected chi connectivity index (χ2v) is 5.61. The van der Waals surface area contributed by atoms with Gasteiger partial charge in [-0.3, -0.25) is 0 Å². The Morgan fingerprint density at radius 1 is 0.708 bits per heavy atom. The van der Waals surface area contributed by atoms with E-state index in [1.807, 2.05) is 30.3 Å². The van der Waals surface area contributed by atoms with Gasteiger partial charge in [0.1, 0.15) is 11.5 Å². The molecule has 0 atom stereocenters. The first-order chi connectivity index (χ1) is 11.8. The number of aromatic carboxylic acids is 1. The third-order valence-corrected chi connectivity index (χ3v) is 3.67. The van der Waals surface area contributed by atoms with Crippen molar-refractivity contribution in [2.24, 2.45) is 0 Å². The van der Waals surface area contributed by atoms with Crippen molar-refractivity contribution < 1.29 is 19.4 Å². The lowest BCUT2D eigenvalue weighted by molar-refractivity contribution is 0.0697. The number of hydrogen-bond donors (Lipinski definition) is 1. The van der Waals surface area contributed by atoms with E-state index in [1.54, 1.807) is 24.3 Å². The summed E-state index contributed by atoms with van der Waals surface area (Å²) in [7, 11) is 0. The molecule has 0 unspecified atom stereocenters. The number of hydrogen-bond acceptors (Lipinski definition) is 3. The molecule has 2 rings (SSSR count). The van der Waals surface area contributed by atoms with Gasteiger partial charge in [-0.25, -0.2) is 4.79 Å². The molecule has 0 aromatic heterocycles. The van der Waals surface area contributed by atoms with Gasteiger partial charge in [0, 0.05) is 0 Å². The van der Waals surface area contributed by atoms with Crippen molar-refractivity contribution in [2.75, 3.05) is 13.2 Å². The molecule has 0 saturated heterocycles. The Morgan fingerprint density at radius 3 is 1.75 bits per heavy atom. The first-order valence-corrected chi connectivity index (χ1v) is 8.40. The maximum absolute atomic E-state index is 10.8. The predicted molar refractivity (Wildman–Crippen MR) is 93.9 cm³/mol. The number of carboxylic acid groups (broad SMARTS) is 1. The molecule has 0 heterocycles. The maximum atomic E-state index is 10.8. The molecule has 2 aromatic rings. The minimum atomic E-state index is -0.919. The molecular weight excluding hydrogens is 304 g/mol. The van der Waals surface area contributed by atoms with Crippen LogP contribution < -0.4 is 9.47 Å². The molecule has 0 aliphatic rings. The molecule has 1 N–H and O–H groups in total. The number of carboxylic acids is 1. The molecule has 0 aliphatic heterocycles. The number of unbranched alkanes of at least 4 members (excludes halogenated alkanes) is 4. The lowest BCUT2D eigenvalue weighted by Gasteiger charge is -2.07. The molecule has 0 amide bonds. The van der Waals surface area contributed by atoms with Gasteiger partial charge in [-0.2, -0.15) is 0 Å². The standard InChI is InChI=1S/C20H24O4/c21-20(22)17-11-13-19(14-12-17)24-16-8-3-1-2-7-15-23-18-9-5-4-6-10-18/h4-6,9-14H,1-3,7-8,15-16H2,(H,21,22). The fourth-order valence-corrected chi connectivity index (χ4v) is 2.32. The summed E-state index contributed by atoms with van der Waals surface area (Å²) in [4.78, 5) is 10.8. The lowest BCUT2D eigenvalue weighted by Crippen LogP contribution is -2.00. The third-order valence-electron chi connectivity index (χ3n) is 3.67. The van der Waals surface area contributed by atoms with Crippen LogP contribution >= 0.6 is 0 Å². The van der Waals surface area contributed by atoms with E-state index in [0.717, 1.165) is 43.8 Å². The number of benzene rings is 2. The molecule has 0 aliphatic carbocycles. The van der Waals surface area contributed by atoms with Gasteiger partial charge in [-0.05, 0) is 49.2 Å². The van der Waals surface area contributed by atoms with Crippen LogP contribution in [0.4, 0.5) is 0 Å². The Hall–Kier alpha value is -2.49. The SMILES string of the molecule is O=C(O)c1ccc(OCCCCCCCOc2ccccc2)cc1. The highest BCUT2D eigenvalue weighted by Crippen LogP contribution is 2.13. The van der Waals surface area contributed by atoms with Crippen molar-refractivity contribution in [3.8, 4) is 11.5 Å². The second kappa shape index (κ2) is 10.3. The van der Waals surface area contributed by atoms with Gasteiger partial charge in [0.05, 0.1) is 18.8 Å². The summed E-state index contributed by atoms with van der Waals surface area (Å²) in [5.74, 6) is 0.730. The molecule has 2 aromatic carbocycles. The molecule has 24 heavy (non-hydrogen) atoms. The van der Waals surface area contributed by atoms with Crippen molar-refractivity contribution in [3.05, 3.63) is 60.2 Å². The monoisotopic (exact) mass is 328 g/mol. The first-order valence-electron chi connectivity index (χ1n) is 8.40. The Morgan fingerprint density at radius 2 is 1.21 bits per heavy atom. The summed E-state index contributed by atoms with van der Waals surface area (Å²) >= 11 is 0. The minimum absolute atomic E-state index is 0.278. The molecule has 0 radical (unpaired) electrons. The van der Waals surface area contributed by atoms with E-state index in [4.69, 9.17) is 14.6 Å². The van der Waals surface area contributed by atoms with Gasteiger partial charge in [0.25, 0.3) is 0 Å². The lowest BCUT2D eigenvalue weighted by atomic mass is 10.1. The van der Waals surface area contributed by atoms with Crippen LogP contribution in [0.25, 0.3) is 0 Å². The molecule has 0 fully saturated rings. The minimum Gasteiger partial charge on any atom is -0.494 e. The topological polar surface area (TPSA) is 55.8 Å². The number of rotatable bonds is 11. The normalized spacial score (nSPS) is 10.3. The van der Waals surface area contributed by atoms with Crippen LogP contribution in [0.5, 0.6) is 11.5 Å². The largest absolute Gasteiger partial charge is 0.494 e. The number of ether oxygens (including phenoxy) is 2. The number of carbonyl (C=O) groups is 1. The Bertz CT molecular complexity index is 593. The highest BCUT2D eigenvalue weighted by atomic mass is 16.5. The van der Waals surface area contributed by atoms with E-state index in [2.05, 4.69) is 0 Å². The third kappa shape index (κ3) is 6.73. The van der Waals surface area contributed by atoms with Crippen molar-refractivity contribution >= 4 is 5.97 Å². The highest BCUT2D eigenvalue weighted by Gasteiger charge is 2.02. The number of para-hydroxylation sites is 1. The van der Waals surface area contributed by atoms with E-state index in [1.165, 1.54) is 6.42 Å². The van der Waals surface area contributed by atoms with Crippen LogP contribution in [0.1, 0.15) is 42.5 Å². The van der Waals surface area contributed by atoms with Crippen LogP contribution in [0.2, 0.25) is 0 Å². The van der Waals surface area contributed by atoms with E-state index < -0.39 is 5.97 Å². The van der Waals surface area contributed by atoms with Crippen LogP contribution in [-0.2, 0) is 0 Å². The quantitative estimate of drug-likeness (QED) is 0.602. The Labute approximate surface area is 143 Å². The van der Waals surface area contributed by atoms with Crippen LogP contribution in [0, 0.1) is 0 Å². The van der Waals surface area contributed by atoms with Gasteiger partial charge in [0.2, 0.25) is 0 Å². The first kappa shape index (κ1) is 17.9. The summed E-state index contributed by atoms with van der Waals surface area (Å²) in [6.07, 6.45) is 5.50. The molecule has 0 bridgehead atoms. The maximum Gasteiger partial charge on any atom is 0.335 e. The zero-order valence-corrected chi connectivity index (χ0v) is 13.8. The van der Waals surface area contributed by atoms with Crippen molar-refractivity contribution in [3.63, 3.8) is 0 Å². The fourth-order valence-electron chi connectivity index (χ4n) is 2.32. The van der Waals surface area contributed by atoms with Gasteiger partial charge in [0.15, 0.2) is 0 Å². The molecular formula is C20H24O4. The van der Waals surface area contributed by atoms with Crippen molar-refractivity contribution in [2.45, 2.75) is 32.1 Å². The van der Waals surface area contributed by atoms with Crippen LogP contribution in [0.3, 0.4) is 0 Å². The van der Waals surface area contributed by atoms with Crippen molar-refractivity contribution in [1.82, 2.24) is 0 Å². The van der Waals surface area contributed by atoms with Gasteiger partial charge < -0.3 is 14.6 Å². The summed E-state index contributed by atoms with van der Waals surface area (Å²) in [5.41, 5.74) is 0.278. The van der Waals surface area contributed by atoms with E-state index in [-0.39, 0.29) is 5.56 Å². The zero-order valence-electron chi connectivity index (χ0n) is 13.8. The van der Waals surface area contributed by atoms with Crippen LogP contribution in [0.15, 0.2) is 54.6 Å². The summed E-state index contributed by atoms with van der Waals surface area (Å²) in [6, 6.07) is 16.4. The van der Waals surface area contributed by atoms with Gasteiger partial charge >= 0.3 is 5.97 Å². The molecule has 0 spiro atoms. The highest BCUT2D eigenvalue weighted by molar-refractivity contribution is 5.87. The molecule has 128 valence electrons. The Balaban J connectivity index is 1.46. The fraction of sp³-hybridized carbons (Fsp3) is 0.350. The van der Waals surface area contributed by atoms with Gasteiger partial charge in [-0.15, -0.1) is 0 Å². The van der Waals surface area contributed by atoms with E-state index in [0.29, 0.717) is 6.61 Å². The summed E-state index contributed by atoms with van der Waals surface area (Å²) in [5, 5.41) is 8.83. The molecule has 4 nitrogen and oxygen atoms in total. The van der Waals surface area contributed by atoms with E-state index >= 15 is 0 Å². The second-order valence-electron chi connectivity index (χ2n) is 5.61. The van der Waals surface area contributed by atoms with Gasteiger partial charge in [-0.1, -0.05) is 37.5 Å². The summed E-state index contributed by atoms with van der Waals surface area (Å²) in [6.45, 7) is 1.42. The molecule has 4 heteroatoms. The van der Waals surface area contributed by atoms with Crippen molar-refractivity contribution in [1.29, 1.82) is 0 Å². The molecule has 0 saturated carbocycles. The smallest absolute Gasteiger partial charge is 0.335 e. The predicted octanol–water partition coefficient (Wildman–Crippen LogP) is 4.79. The summed E-state index contributed by atoms with van der Waals surface area (Å²) < 4.78 is 11.3. The zero-order chi connectivity index (χ0) is 17.0. The Kier molecular flexibility index (Phi) is 7.68. The average molecular weight is 328 g/mol. The van der Waals surface area contributed by atoms with E-state index in [9.17, 15) is 4.79 Å².